The van der Waals surface area contributed by atoms with Crippen molar-refractivity contribution in [2.45, 2.75) is 32.9 Å². The third-order valence-corrected chi connectivity index (χ3v) is 3.96. The van der Waals surface area contributed by atoms with E-state index in [0.29, 0.717) is 5.75 Å². The summed E-state index contributed by atoms with van der Waals surface area (Å²) in [7, 11) is 1.59. The normalized spacial score (nSPS) is 11.7. The van der Waals surface area contributed by atoms with E-state index in [-0.39, 0.29) is 24.9 Å². The fourth-order valence-corrected chi connectivity index (χ4v) is 2.51. The summed E-state index contributed by atoms with van der Waals surface area (Å²) in [5.41, 5.74) is 1.73. The Morgan fingerprint density at radius 3 is 2.35 bits per heavy atom. The predicted octanol–water partition coefficient (Wildman–Crippen LogP) is 3.12. The van der Waals surface area contributed by atoms with Crippen molar-refractivity contribution >= 4 is 11.9 Å². The first-order valence-corrected chi connectivity index (χ1v) is 8.62. The van der Waals surface area contributed by atoms with E-state index in [1.54, 1.807) is 7.11 Å². The lowest BCUT2D eigenvalue weighted by Crippen LogP contribution is -2.45. The fraction of sp³-hybridized carbons (Fsp3) is 0.333. The highest BCUT2D eigenvalue weighted by Crippen LogP contribution is 2.14. The summed E-state index contributed by atoms with van der Waals surface area (Å²) in [6.07, 6.45) is 0.229. The Balaban J connectivity index is 1.92. The van der Waals surface area contributed by atoms with Crippen LogP contribution in [-0.2, 0) is 27.4 Å². The van der Waals surface area contributed by atoms with Gasteiger partial charge in [-0.2, -0.15) is 0 Å². The van der Waals surface area contributed by atoms with E-state index in [4.69, 9.17) is 9.47 Å². The molecule has 0 aliphatic carbocycles. The Kier molecular flexibility index (Phi) is 7.21. The summed E-state index contributed by atoms with van der Waals surface area (Å²) in [4.78, 5) is 24.7. The summed E-state index contributed by atoms with van der Waals surface area (Å²) in [6, 6.07) is 16.1. The SMILES string of the molecule is COc1cccc(COC(=O)C(NC(=O)Cc2ccccc2)C(C)C)c1. The number of amides is 1. The minimum absolute atomic E-state index is 0.0764. The second-order valence-corrected chi connectivity index (χ2v) is 6.41. The number of methoxy groups -OCH3 is 1. The number of rotatable bonds is 8. The quantitative estimate of drug-likeness (QED) is 0.739. The van der Waals surface area contributed by atoms with Gasteiger partial charge in [0.1, 0.15) is 18.4 Å². The van der Waals surface area contributed by atoms with Crippen LogP contribution in [-0.4, -0.2) is 25.0 Å². The van der Waals surface area contributed by atoms with Crippen LogP contribution in [0.25, 0.3) is 0 Å². The molecular weight excluding hydrogens is 330 g/mol. The molecule has 0 fully saturated rings. The lowest BCUT2D eigenvalue weighted by atomic mass is 10.0. The molecule has 1 amide bonds. The molecule has 2 aromatic carbocycles. The molecular formula is C21H25NO4. The molecule has 0 aromatic heterocycles. The maximum atomic E-state index is 12.4. The van der Waals surface area contributed by atoms with Gasteiger partial charge in [0.15, 0.2) is 0 Å². The fourth-order valence-electron chi connectivity index (χ4n) is 2.51. The van der Waals surface area contributed by atoms with Gasteiger partial charge in [-0.15, -0.1) is 0 Å². The van der Waals surface area contributed by atoms with Crippen molar-refractivity contribution < 1.29 is 19.1 Å². The number of hydrogen-bond donors (Lipinski definition) is 1. The van der Waals surface area contributed by atoms with E-state index >= 15 is 0 Å². The topological polar surface area (TPSA) is 64.6 Å². The predicted molar refractivity (Wildman–Crippen MR) is 99.7 cm³/mol. The molecule has 5 heteroatoms. The molecule has 138 valence electrons. The number of carbonyl (C=O) groups excluding carboxylic acids is 2. The second-order valence-electron chi connectivity index (χ2n) is 6.41. The van der Waals surface area contributed by atoms with Crippen molar-refractivity contribution in [1.82, 2.24) is 5.32 Å². The van der Waals surface area contributed by atoms with Crippen LogP contribution in [0.15, 0.2) is 54.6 Å². The molecule has 0 bridgehead atoms. The van der Waals surface area contributed by atoms with Crippen LogP contribution < -0.4 is 10.1 Å². The average Bonchev–Trinajstić information content (AvgIpc) is 2.65. The Morgan fingerprint density at radius 1 is 1.00 bits per heavy atom. The Labute approximate surface area is 154 Å². The van der Waals surface area contributed by atoms with Gasteiger partial charge in [0.2, 0.25) is 5.91 Å². The van der Waals surface area contributed by atoms with Gasteiger partial charge in [0, 0.05) is 0 Å². The van der Waals surface area contributed by atoms with E-state index in [0.717, 1.165) is 11.1 Å². The molecule has 0 saturated carbocycles. The zero-order chi connectivity index (χ0) is 18.9. The third kappa shape index (κ3) is 5.92. The van der Waals surface area contributed by atoms with Crippen LogP contribution in [0.2, 0.25) is 0 Å². The number of hydrogen-bond acceptors (Lipinski definition) is 4. The lowest BCUT2D eigenvalue weighted by Gasteiger charge is -2.21. The number of esters is 1. The summed E-state index contributed by atoms with van der Waals surface area (Å²) >= 11 is 0. The third-order valence-electron chi connectivity index (χ3n) is 3.96. The van der Waals surface area contributed by atoms with Crippen molar-refractivity contribution in [3.63, 3.8) is 0 Å². The molecule has 1 N–H and O–H groups in total. The van der Waals surface area contributed by atoms with E-state index in [2.05, 4.69) is 5.32 Å². The van der Waals surface area contributed by atoms with E-state index in [1.807, 2.05) is 68.4 Å². The number of carbonyl (C=O) groups is 2. The summed E-state index contributed by atoms with van der Waals surface area (Å²) in [6.45, 7) is 3.88. The van der Waals surface area contributed by atoms with E-state index in [9.17, 15) is 9.59 Å². The van der Waals surface area contributed by atoms with Gasteiger partial charge in [-0.1, -0.05) is 56.3 Å². The first kappa shape index (κ1) is 19.5. The molecule has 26 heavy (non-hydrogen) atoms. The number of benzene rings is 2. The van der Waals surface area contributed by atoms with Gasteiger partial charge in [0.05, 0.1) is 13.5 Å². The van der Waals surface area contributed by atoms with Crippen LogP contribution in [0.3, 0.4) is 0 Å². The van der Waals surface area contributed by atoms with Gasteiger partial charge in [-0.3, -0.25) is 4.79 Å². The Hall–Kier alpha value is -2.82. The van der Waals surface area contributed by atoms with Gasteiger partial charge < -0.3 is 14.8 Å². The number of nitrogens with one attached hydrogen (secondary N) is 1. The van der Waals surface area contributed by atoms with Crippen LogP contribution in [0.5, 0.6) is 5.75 Å². The van der Waals surface area contributed by atoms with E-state index < -0.39 is 12.0 Å². The minimum Gasteiger partial charge on any atom is -0.497 e. The zero-order valence-corrected chi connectivity index (χ0v) is 15.4. The molecule has 0 radical (unpaired) electrons. The van der Waals surface area contributed by atoms with Crippen LogP contribution in [0, 0.1) is 5.92 Å². The highest BCUT2D eigenvalue weighted by Gasteiger charge is 2.25. The Morgan fingerprint density at radius 2 is 1.69 bits per heavy atom. The molecule has 0 aliphatic heterocycles. The molecule has 1 unspecified atom stereocenters. The van der Waals surface area contributed by atoms with Crippen molar-refractivity contribution in [1.29, 1.82) is 0 Å². The molecule has 0 spiro atoms. The highest BCUT2D eigenvalue weighted by atomic mass is 16.5. The zero-order valence-electron chi connectivity index (χ0n) is 15.4. The molecule has 1 atom stereocenters. The standard InChI is InChI=1S/C21H25NO4/c1-15(2)20(22-19(23)13-16-8-5-4-6-9-16)21(24)26-14-17-10-7-11-18(12-17)25-3/h4-12,15,20H,13-14H2,1-3H3,(H,22,23). The maximum Gasteiger partial charge on any atom is 0.329 e. The molecule has 5 nitrogen and oxygen atoms in total. The largest absolute Gasteiger partial charge is 0.497 e. The maximum absolute atomic E-state index is 12.4. The second kappa shape index (κ2) is 9.61. The highest BCUT2D eigenvalue weighted by molar-refractivity contribution is 5.85. The first-order valence-electron chi connectivity index (χ1n) is 8.62. The average molecular weight is 355 g/mol. The van der Waals surface area contributed by atoms with Crippen molar-refractivity contribution in [2.24, 2.45) is 5.92 Å². The number of ether oxygens (including phenoxy) is 2. The summed E-state index contributed by atoms with van der Waals surface area (Å²) in [5, 5.41) is 2.79. The van der Waals surface area contributed by atoms with Crippen molar-refractivity contribution in [2.75, 3.05) is 7.11 Å². The van der Waals surface area contributed by atoms with Crippen LogP contribution >= 0.6 is 0 Å². The smallest absolute Gasteiger partial charge is 0.329 e. The van der Waals surface area contributed by atoms with E-state index in [1.165, 1.54) is 0 Å². The minimum atomic E-state index is -0.683. The van der Waals surface area contributed by atoms with Gasteiger partial charge >= 0.3 is 5.97 Å². The summed E-state index contributed by atoms with van der Waals surface area (Å²) in [5.74, 6) is -0.0138. The van der Waals surface area contributed by atoms with Crippen LogP contribution in [0.4, 0.5) is 0 Å². The van der Waals surface area contributed by atoms with Gasteiger partial charge in [0.25, 0.3) is 0 Å². The first-order chi connectivity index (χ1) is 12.5. The van der Waals surface area contributed by atoms with Crippen molar-refractivity contribution in [3.05, 3.63) is 65.7 Å². The molecule has 2 aromatic rings. The van der Waals surface area contributed by atoms with Crippen LogP contribution in [0.1, 0.15) is 25.0 Å². The summed E-state index contributed by atoms with van der Waals surface area (Å²) < 4.78 is 10.6. The lowest BCUT2D eigenvalue weighted by molar-refractivity contribution is -0.150. The molecule has 0 aliphatic rings. The monoisotopic (exact) mass is 355 g/mol. The van der Waals surface area contributed by atoms with Gasteiger partial charge in [-0.05, 0) is 29.2 Å². The molecule has 2 rings (SSSR count). The molecule has 0 heterocycles. The van der Waals surface area contributed by atoms with Gasteiger partial charge in [-0.25, -0.2) is 4.79 Å². The van der Waals surface area contributed by atoms with Crippen molar-refractivity contribution in [3.8, 4) is 5.75 Å². The molecule has 0 saturated heterocycles. The Bertz CT molecular complexity index is 728.